The molecule has 0 aliphatic carbocycles. The zero-order valence-corrected chi connectivity index (χ0v) is 9.70. The van der Waals surface area contributed by atoms with Crippen molar-refractivity contribution in [3.63, 3.8) is 0 Å². The van der Waals surface area contributed by atoms with Gasteiger partial charge in [0.05, 0.1) is 0 Å². The molecule has 2 aromatic carbocycles. The first kappa shape index (κ1) is 11.5. The standard InChI is InChI=1S/C14H15FN2/c1-10-6-7-12(15)8-14(10)17-9-11-4-2-3-5-13(11)16/h2-8,17H,9,16H2,1H3. The Hall–Kier alpha value is -2.03. The van der Waals surface area contributed by atoms with Gasteiger partial charge in [0.2, 0.25) is 0 Å². The third kappa shape index (κ3) is 2.75. The van der Waals surface area contributed by atoms with E-state index in [0.29, 0.717) is 6.54 Å². The van der Waals surface area contributed by atoms with Crippen LogP contribution in [0.1, 0.15) is 11.1 Å². The van der Waals surface area contributed by atoms with Crippen LogP contribution in [0.2, 0.25) is 0 Å². The molecular formula is C14H15FN2. The molecule has 0 heterocycles. The second-order valence-corrected chi connectivity index (χ2v) is 4.01. The Balaban J connectivity index is 2.12. The average Bonchev–Trinajstić information content (AvgIpc) is 2.32. The van der Waals surface area contributed by atoms with Crippen LogP contribution in [0.4, 0.5) is 15.8 Å². The summed E-state index contributed by atoms with van der Waals surface area (Å²) in [7, 11) is 0. The normalized spacial score (nSPS) is 10.2. The summed E-state index contributed by atoms with van der Waals surface area (Å²) in [6.07, 6.45) is 0. The van der Waals surface area contributed by atoms with Crippen LogP contribution in [0.25, 0.3) is 0 Å². The van der Waals surface area contributed by atoms with Crippen molar-refractivity contribution in [1.29, 1.82) is 0 Å². The maximum atomic E-state index is 13.1. The number of halogens is 1. The zero-order valence-electron chi connectivity index (χ0n) is 9.70. The van der Waals surface area contributed by atoms with E-state index in [0.717, 1.165) is 22.5 Å². The molecule has 0 unspecified atom stereocenters. The molecule has 2 aromatic rings. The second-order valence-electron chi connectivity index (χ2n) is 4.01. The Morgan fingerprint density at radius 2 is 1.94 bits per heavy atom. The highest BCUT2D eigenvalue weighted by Gasteiger charge is 2.01. The first-order chi connectivity index (χ1) is 8.16. The van der Waals surface area contributed by atoms with Gasteiger partial charge in [-0.15, -0.1) is 0 Å². The highest BCUT2D eigenvalue weighted by atomic mass is 19.1. The molecule has 0 aromatic heterocycles. The maximum absolute atomic E-state index is 13.1. The van der Waals surface area contributed by atoms with E-state index in [1.807, 2.05) is 31.2 Å². The van der Waals surface area contributed by atoms with Crippen LogP contribution < -0.4 is 11.1 Å². The summed E-state index contributed by atoms with van der Waals surface area (Å²) in [5.74, 6) is -0.237. The lowest BCUT2D eigenvalue weighted by Crippen LogP contribution is -2.04. The summed E-state index contributed by atoms with van der Waals surface area (Å²) in [6.45, 7) is 2.53. The maximum Gasteiger partial charge on any atom is 0.125 e. The number of benzene rings is 2. The van der Waals surface area contributed by atoms with Gasteiger partial charge < -0.3 is 11.1 Å². The minimum absolute atomic E-state index is 0.237. The monoisotopic (exact) mass is 230 g/mol. The van der Waals surface area contributed by atoms with E-state index in [-0.39, 0.29) is 5.82 Å². The topological polar surface area (TPSA) is 38.0 Å². The molecule has 0 aliphatic heterocycles. The van der Waals surface area contributed by atoms with Gasteiger partial charge in [0.25, 0.3) is 0 Å². The van der Waals surface area contributed by atoms with Gasteiger partial charge in [-0.05, 0) is 36.2 Å². The Morgan fingerprint density at radius 3 is 2.71 bits per heavy atom. The zero-order chi connectivity index (χ0) is 12.3. The minimum atomic E-state index is -0.237. The van der Waals surface area contributed by atoms with Gasteiger partial charge in [-0.2, -0.15) is 0 Å². The largest absolute Gasteiger partial charge is 0.398 e. The molecule has 0 bridgehead atoms. The van der Waals surface area contributed by atoms with Crippen molar-refractivity contribution < 1.29 is 4.39 Å². The summed E-state index contributed by atoms with van der Waals surface area (Å²) < 4.78 is 13.1. The van der Waals surface area contributed by atoms with Crippen LogP contribution in [0, 0.1) is 12.7 Å². The number of aryl methyl sites for hydroxylation is 1. The van der Waals surface area contributed by atoms with Crippen molar-refractivity contribution in [1.82, 2.24) is 0 Å². The lowest BCUT2D eigenvalue weighted by atomic mass is 10.1. The Morgan fingerprint density at radius 1 is 1.18 bits per heavy atom. The fourth-order valence-electron chi connectivity index (χ4n) is 1.67. The van der Waals surface area contributed by atoms with Gasteiger partial charge >= 0.3 is 0 Å². The number of para-hydroxylation sites is 1. The highest BCUT2D eigenvalue weighted by Crippen LogP contribution is 2.18. The van der Waals surface area contributed by atoms with Crippen LogP contribution in [0.15, 0.2) is 42.5 Å². The number of nitrogens with one attached hydrogen (secondary N) is 1. The van der Waals surface area contributed by atoms with E-state index in [4.69, 9.17) is 5.73 Å². The fraction of sp³-hybridized carbons (Fsp3) is 0.143. The van der Waals surface area contributed by atoms with Crippen molar-refractivity contribution >= 4 is 11.4 Å². The molecule has 0 spiro atoms. The summed E-state index contributed by atoms with van der Waals surface area (Å²) in [6, 6.07) is 12.3. The second kappa shape index (κ2) is 4.87. The molecule has 88 valence electrons. The number of rotatable bonds is 3. The quantitative estimate of drug-likeness (QED) is 0.794. The van der Waals surface area contributed by atoms with Crippen molar-refractivity contribution in [2.75, 3.05) is 11.1 Å². The van der Waals surface area contributed by atoms with Gasteiger partial charge in [0, 0.05) is 17.9 Å². The van der Waals surface area contributed by atoms with E-state index in [2.05, 4.69) is 5.32 Å². The van der Waals surface area contributed by atoms with E-state index >= 15 is 0 Å². The van der Waals surface area contributed by atoms with Crippen LogP contribution in [0.3, 0.4) is 0 Å². The van der Waals surface area contributed by atoms with Crippen LogP contribution in [-0.4, -0.2) is 0 Å². The number of hydrogen-bond donors (Lipinski definition) is 2. The van der Waals surface area contributed by atoms with Crippen molar-refractivity contribution in [2.24, 2.45) is 0 Å². The summed E-state index contributed by atoms with van der Waals surface area (Å²) >= 11 is 0. The Kier molecular flexibility index (Phi) is 3.28. The van der Waals surface area contributed by atoms with E-state index in [1.165, 1.54) is 12.1 Å². The Bertz CT molecular complexity index is 523. The first-order valence-electron chi connectivity index (χ1n) is 5.50. The predicted octanol–water partition coefficient (Wildman–Crippen LogP) is 3.33. The van der Waals surface area contributed by atoms with Crippen molar-refractivity contribution in [3.05, 3.63) is 59.4 Å². The molecule has 2 nitrogen and oxygen atoms in total. The van der Waals surface area contributed by atoms with Gasteiger partial charge in [-0.25, -0.2) is 4.39 Å². The summed E-state index contributed by atoms with van der Waals surface area (Å²) in [5, 5.41) is 3.19. The molecule has 0 amide bonds. The molecule has 17 heavy (non-hydrogen) atoms. The number of nitrogens with two attached hydrogens (primary N) is 1. The highest BCUT2D eigenvalue weighted by molar-refractivity contribution is 5.53. The van der Waals surface area contributed by atoms with Crippen LogP contribution >= 0.6 is 0 Å². The summed E-state index contributed by atoms with van der Waals surface area (Å²) in [4.78, 5) is 0. The van der Waals surface area contributed by atoms with Crippen LogP contribution in [0.5, 0.6) is 0 Å². The Labute approximate surface area is 100 Å². The number of nitrogen functional groups attached to an aromatic ring is 1. The lowest BCUT2D eigenvalue weighted by Gasteiger charge is -2.11. The average molecular weight is 230 g/mol. The van der Waals surface area contributed by atoms with E-state index < -0.39 is 0 Å². The third-order valence-electron chi connectivity index (χ3n) is 2.72. The van der Waals surface area contributed by atoms with Crippen LogP contribution in [-0.2, 0) is 6.54 Å². The van der Waals surface area contributed by atoms with E-state index in [9.17, 15) is 4.39 Å². The minimum Gasteiger partial charge on any atom is -0.398 e. The molecular weight excluding hydrogens is 215 g/mol. The number of anilines is 2. The first-order valence-corrected chi connectivity index (χ1v) is 5.50. The molecule has 3 N–H and O–H groups in total. The molecule has 3 heteroatoms. The lowest BCUT2D eigenvalue weighted by molar-refractivity contribution is 0.628. The van der Waals surface area contributed by atoms with Gasteiger partial charge in [-0.3, -0.25) is 0 Å². The molecule has 0 saturated carbocycles. The summed E-state index contributed by atoms with van der Waals surface area (Å²) in [5.41, 5.74) is 9.41. The molecule has 0 aliphatic rings. The van der Waals surface area contributed by atoms with Crippen molar-refractivity contribution in [3.8, 4) is 0 Å². The molecule has 0 atom stereocenters. The van der Waals surface area contributed by atoms with E-state index in [1.54, 1.807) is 6.07 Å². The van der Waals surface area contributed by atoms with Gasteiger partial charge in [-0.1, -0.05) is 24.3 Å². The number of hydrogen-bond acceptors (Lipinski definition) is 2. The SMILES string of the molecule is Cc1ccc(F)cc1NCc1ccccc1N. The van der Waals surface area contributed by atoms with Gasteiger partial charge in [0.1, 0.15) is 5.82 Å². The smallest absolute Gasteiger partial charge is 0.125 e. The van der Waals surface area contributed by atoms with Crippen molar-refractivity contribution in [2.45, 2.75) is 13.5 Å². The molecule has 0 saturated heterocycles. The fourth-order valence-corrected chi connectivity index (χ4v) is 1.67. The molecule has 0 radical (unpaired) electrons. The predicted molar refractivity (Wildman–Crippen MR) is 69.3 cm³/mol. The molecule has 0 fully saturated rings. The molecule has 2 rings (SSSR count). The third-order valence-corrected chi connectivity index (χ3v) is 2.72. The van der Waals surface area contributed by atoms with Gasteiger partial charge in [0.15, 0.2) is 0 Å².